The second-order valence-corrected chi connectivity index (χ2v) is 7.10. The third-order valence-corrected chi connectivity index (χ3v) is 5.49. The zero-order chi connectivity index (χ0) is 16.7. The highest BCUT2D eigenvalue weighted by Gasteiger charge is 2.38. The smallest absolute Gasteiger partial charge is 0.249 e. The normalized spacial score (nSPS) is 20.2. The van der Waals surface area contributed by atoms with Gasteiger partial charge in [-0.1, -0.05) is 6.92 Å². The Morgan fingerprint density at radius 2 is 1.64 bits per heavy atom. The summed E-state index contributed by atoms with van der Waals surface area (Å²) in [6.07, 6.45) is 1.27. The van der Waals surface area contributed by atoms with Gasteiger partial charge in [-0.25, -0.2) is 17.2 Å². The first kappa shape index (κ1) is 17.0. The van der Waals surface area contributed by atoms with Gasteiger partial charge in [-0.05, 0) is 18.8 Å². The van der Waals surface area contributed by atoms with Gasteiger partial charge in [-0.3, -0.25) is 0 Å². The van der Waals surface area contributed by atoms with E-state index in [0.29, 0.717) is 6.42 Å². The summed E-state index contributed by atoms with van der Waals surface area (Å²) in [5.41, 5.74) is 0. The van der Waals surface area contributed by atoms with E-state index in [-0.39, 0.29) is 19.0 Å². The fraction of sp³-hybridized carbons (Fsp3) is 0.538. The Kier molecular flexibility index (Phi) is 4.67. The lowest BCUT2D eigenvalue weighted by Gasteiger charge is -2.30. The van der Waals surface area contributed by atoms with Gasteiger partial charge in [-0.2, -0.15) is 13.1 Å². The third kappa shape index (κ3) is 2.67. The van der Waals surface area contributed by atoms with Crippen molar-refractivity contribution in [3.05, 3.63) is 23.3 Å². The first-order chi connectivity index (χ1) is 10.2. The molecular weight excluding hydrogens is 326 g/mol. The molecular formula is C13H15F4NO3S. The molecule has 0 radical (unpaired) electrons. The molecule has 4 nitrogen and oxygen atoms in total. The second kappa shape index (κ2) is 6.04. The number of sulfonamides is 1. The van der Waals surface area contributed by atoms with Crippen LogP contribution >= 0.6 is 0 Å². The van der Waals surface area contributed by atoms with Gasteiger partial charge >= 0.3 is 0 Å². The molecule has 1 saturated heterocycles. The maximum atomic E-state index is 14.0. The van der Waals surface area contributed by atoms with Crippen molar-refractivity contribution in [2.24, 2.45) is 5.92 Å². The highest BCUT2D eigenvalue weighted by atomic mass is 32.2. The van der Waals surface area contributed by atoms with Crippen LogP contribution < -0.4 is 4.74 Å². The van der Waals surface area contributed by atoms with E-state index in [1.807, 2.05) is 0 Å². The highest BCUT2D eigenvalue weighted by molar-refractivity contribution is 7.89. The standard InChI is InChI=1S/C13H15F4NO3S/c1-7-4-3-5-18(6-7)22(19,20)13-10(16)8(14)12(21-2)9(15)11(13)17/h7H,3-6H2,1-2H3. The second-order valence-electron chi connectivity index (χ2n) is 5.23. The molecule has 1 unspecified atom stereocenters. The Balaban J connectivity index is 2.61. The van der Waals surface area contributed by atoms with Crippen molar-refractivity contribution in [2.75, 3.05) is 20.2 Å². The lowest BCUT2D eigenvalue weighted by molar-refractivity contribution is 0.276. The average molecular weight is 341 g/mol. The number of rotatable bonds is 3. The minimum Gasteiger partial charge on any atom is -0.491 e. The van der Waals surface area contributed by atoms with Crippen molar-refractivity contribution in [3.63, 3.8) is 0 Å². The molecule has 0 aromatic heterocycles. The molecule has 1 heterocycles. The van der Waals surface area contributed by atoms with Crippen molar-refractivity contribution in [3.8, 4) is 5.75 Å². The molecule has 2 rings (SSSR count). The highest BCUT2D eigenvalue weighted by Crippen LogP contribution is 2.34. The minimum absolute atomic E-state index is 0.0115. The third-order valence-electron chi connectivity index (χ3n) is 3.60. The van der Waals surface area contributed by atoms with Crippen LogP contribution in [0.4, 0.5) is 17.6 Å². The van der Waals surface area contributed by atoms with Crippen molar-refractivity contribution in [1.82, 2.24) is 4.31 Å². The van der Waals surface area contributed by atoms with Crippen LogP contribution in [-0.2, 0) is 10.0 Å². The molecule has 0 saturated carbocycles. The summed E-state index contributed by atoms with van der Waals surface area (Å²) < 4.78 is 85.1. The summed E-state index contributed by atoms with van der Waals surface area (Å²) in [4.78, 5) is -1.61. The monoisotopic (exact) mass is 341 g/mol. The predicted molar refractivity (Wildman–Crippen MR) is 70.0 cm³/mol. The van der Waals surface area contributed by atoms with E-state index in [9.17, 15) is 26.0 Å². The largest absolute Gasteiger partial charge is 0.491 e. The summed E-state index contributed by atoms with van der Waals surface area (Å²) >= 11 is 0. The van der Waals surface area contributed by atoms with E-state index >= 15 is 0 Å². The predicted octanol–water partition coefficient (Wildman–Crippen LogP) is 2.67. The molecule has 1 aliphatic heterocycles. The molecule has 22 heavy (non-hydrogen) atoms. The molecule has 0 amide bonds. The van der Waals surface area contributed by atoms with Crippen LogP contribution in [0.2, 0.25) is 0 Å². The van der Waals surface area contributed by atoms with Crippen molar-refractivity contribution < 1.29 is 30.7 Å². The van der Waals surface area contributed by atoms with E-state index < -0.39 is 43.9 Å². The van der Waals surface area contributed by atoms with Gasteiger partial charge in [-0.15, -0.1) is 0 Å². The number of piperidine rings is 1. The minimum atomic E-state index is -4.68. The van der Waals surface area contributed by atoms with Gasteiger partial charge in [0.2, 0.25) is 21.7 Å². The summed E-state index contributed by atoms with van der Waals surface area (Å²) in [7, 11) is -3.86. The van der Waals surface area contributed by atoms with Crippen LogP contribution in [-0.4, -0.2) is 32.9 Å². The summed E-state index contributed by atoms with van der Waals surface area (Å²) in [6.45, 7) is 1.86. The lowest BCUT2D eigenvalue weighted by Crippen LogP contribution is -2.40. The van der Waals surface area contributed by atoms with E-state index in [1.165, 1.54) is 0 Å². The van der Waals surface area contributed by atoms with Crippen LogP contribution in [0.3, 0.4) is 0 Å². The van der Waals surface area contributed by atoms with Gasteiger partial charge in [0.15, 0.2) is 22.3 Å². The van der Waals surface area contributed by atoms with E-state index in [4.69, 9.17) is 0 Å². The van der Waals surface area contributed by atoms with Crippen molar-refractivity contribution in [2.45, 2.75) is 24.7 Å². The summed E-state index contributed by atoms with van der Waals surface area (Å²) in [6, 6.07) is 0. The zero-order valence-corrected chi connectivity index (χ0v) is 12.8. The number of methoxy groups -OCH3 is 1. The fourth-order valence-electron chi connectivity index (χ4n) is 2.49. The molecule has 124 valence electrons. The Morgan fingerprint density at radius 3 is 2.09 bits per heavy atom. The number of hydrogen-bond donors (Lipinski definition) is 0. The van der Waals surface area contributed by atoms with Gasteiger partial charge in [0.1, 0.15) is 0 Å². The Morgan fingerprint density at radius 1 is 1.09 bits per heavy atom. The van der Waals surface area contributed by atoms with Gasteiger partial charge < -0.3 is 4.74 Å². The fourth-order valence-corrected chi connectivity index (χ4v) is 4.20. The Labute approximate surface area is 125 Å². The molecule has 0 N–H and O–H groups in total. The Hall–Kier alpha value is -1.35. The SMILES string of the molecule is COc1c(F)c(F)c(S(=O)(=O)N2CCCC(C)C2)c(F)c1F. The van der Waals surface area contributed by atoms with Crippen LogP contribution in [0.1, 0.15) is 19.8 Å². The summed E-state index contributed by atoms with van der Waals surface area (Å²) in [5, 5.41) is 0. The quantitative estimate of drug-likeness (QED) is 0.627. The van der Waals surface area contributed by atoms with E-state index in [0.717, 1.165) is 17.8 Å². The molecule has 1 aromatic rings. The van der Waals surface area contributed by atoms with Crippen LogP contribution in [0, 0.1) is 29.2 Å². The number of nitrogens with zero attached hydrogens (tertiary/aromatic N) is 1. The van der Waals surface area contributed by atoms with Gasteiger partial charge in [0.25, 0.3) is 0 Å². The number of benzene rings is 1. The van der Waals surface area contributed by atoms with Crippen LogP contribution in [0.5, 0.6) is 5.75 Å². The first-order valence-corrected chi connectivity index (χ1v) is 8.05. The topological polar surface area (TPSA) is 46.6 Å². The van der Waals surface area contributed by atoms with E-state index in [2.05, 4.69) is 4.74 Å². The lowest BCUT2D eigenvalue weighted by atomic mass is 10.0. The number of ether oxygens (including phenoxy) is 1. The average Bonchev–Trinajstić information content (AvgIpc) is 2.46. The molecule has 1 aliphatic rings. The summed E-state index contributed by atoms with van der Waals surface area (Å²) in [5.74, 6) is -9.00. The van der Waals surface area contributed by atoms with Crippen LogP contribution in [0.25, 0.3) is 0 Å². The number of hydrogen-bond acceptors (Lipinski definition) is 3. The maximum absolute atomic E-state index is 14.0. The van der Waals surface area contributed by atoms with Crippen molar-refractivity contribution >= 4 is 10.0 Å². The molecule has 1 atom stereocenters. The van der Waals surface area contributed by atoms with E-state index in [1.54, 1.807) is 6.92 Å². The van der Waals surface area contributed by atoms with Crippen LogP contribution in [0.15, 0.2) is 4.90 Å². The Bertz CT molecular complexity index is 664. The van der Waals surface area contributed by atoms with Gasteiger partial charge in [0, 0.05) is 13.1 Å². The first-order valence-electron chi connectivity index (χ1n) is 6.61. The number of halogens is 4. The molecule has 1 aromatic carbocycles. The maximum Gasteiger partial charge on any atom is 0.249 e. The molecule has 0 aliphatic carbocycles. The molecule has 1 fully saturated rings. The zero-order valence-electron chi connectivity index (χ0n) is 12.0. The molecule has 9 heteroatoms. The molecule has 0 bridgehead atoms. The van der Waals surface area contributed by atoms with Crippen molar-refractivity contribution in [1.29, 1.82) is 0 Å². The molecule has 0 spiro atoms. The van der Waals surface area contributed by atoms with Gasteiger partial charge in [0.05, 0.1) is 7.11 Å².